The van der Waals surface area contributed by atoms with E-state index in [1.807, 2.05) is 0 Å². The number of carbonyl (C=O) groups excluding carboxylic acids is 2. The number of nitrogens with one attached hydrogen (secondary N) is 1. The molecule has 1 unspecified atom stereocenters. The smallest absolute Gasteiger partial charge is 0.325 e. The van der Waals surface area contributed by atoms with Crippen LogP contribution in [0.15, 0.2) is 41.3 Å². The number of anilines is 2. The third kappa shape index (κ3) is 4.02. The number of nitrogens with zero attached hydrogens (tertiary/aromatic N) is 1. The lowest BCUT2D eigenvalue weighted by molar-refractivity contribution is -0.137. The molecule has 27 heavy (non-hydrogen) atoms. The molecule has 0 bridgehead atoms. The van der Waals surface area contributed by atoms with Gasteiger partial charge >= 0.3 is 6.18 Å². The molecule has 0 fully saturated rings. The van der Waals surface area contributed by atoms with Crippen LogP contribution < -0.4 is 10.2 Å². The Morgan fingerprint density at radius 2 is 1.89 bits per heavy atom. The third-order valence-electron chi connectivity index (χ3n) is 3.86. The highest BCUT2D eigenvalue weighted by atomic mass is 35.5. The van der Waals surface area contributed by atoms with Gasteiger partial charge in [-0.25, -0.2) is 0 Å². The van der Waals surface area contributed by atoms with Gasteiger partial charge in [0.25, 0.3) is 0 Å². The fraction of sp³-hybridized carbons (Fsp3) is 0.176. The van der Waals surface area contributed by atoms with Crippen LogP contribution >= 0.6 is 35.0 Å². The molecule has 1 heterocycles. The van der Waals surface area contributed by atoms with E-state index in [1.165, 1.54) is 18.0 Å². The topological polar surface area (TPSA) is 49.4 Å². The molecule has 142 valence electrons. The Morgan fingerprint density at radius 1 is 1.19 bits per heavy atom. The Bertz CT molecular complexity index is 937. The van der Waals surface area contributed by atoms with E-state index < -0.39 is 33.8 Å². The minimum Gasteiger partial charge on any atom is -0.325 e. The summed E-state index contributed by atoms with van der Waals surface area (Å²) in [5.74, 6) is -1.23. The third-order valence-corrected chi connectivity index (χ3v) is 5.67. The molecule has 2 aromatic carbocycles. The van der Waals surface area contributed by atoms with Gasteiger partial charge in [-0.15, -0.1) is 11.8 Å². The SMILES string of the molecule is CN1C(=O)C(C(=O)Nc2ccc(Cl)c(C(F)(F)F)c2)Sc2ccc(Cl)cc21. The first-order valence-electron chi connectivity index (χ1n) is 7.49. The van der Waals surface area contributed by atoms with Crippen molar-refractivity contribution in [1.29, 1.82) is 0 Å². The van der Waals surface area contributed by atoms with Gasteiger partial charge in [-0.3, -0.25) is 9.59 Å². The van der Waals surface area contributed by atoms with Crippen LogP contribution in [-0.2, 0) is 15.8 Å². The van der Waals surface area contributed by atoms with Crippen molar-refractivity contribution in [3.63, 3.8) is 0 Å². The molecule has 2 aromatic rings. The van der Waals surface area contributed by atoms with E-state index in [0.29, 0.717) is 15.6 Å². The monoisotopic (exact) mass is 434 g/mol. The van der Waals surface area contributed by atoms with Crippen molar-refractivity contribution in [2.75, 3.05) is 17.3 Å². The summed E-state index contributed by atoms with van der Waals surface area (Å²) >= 11 is 12.5. The van der Waals surface area contributed by atoms with Gasteiger partial charge in [-0.1, -0.05) is 23.2 Å². The van der Waals surface area contributed by atoms with Crippen molar-refractivity contribution >= 4 is 58.2 Å². The van der Waals surface area contributed by atoms with Gasteiger partial charge in [0.2, 0.25) is 11.8 Å². The van der Waals surface area contributed by atoms with Crippen molar-refractivity contribution < 1.29 is 22.8 Å². The molecule has 1 atom stereocenters. The van der Waals surface area contributed by atoms with Crippen LogP contribution in [0.3, 0.4) is 0 Å². The zero-order valence-electron chi connectivity index (χ0n) is 13.6. The zero-order valence-corrected chi connectivity index (χ0v) is 15.9. The molecule has 10 heteroatoms. The number of rotatable bonds is 2. The Hall–Kier alpha value is -1.90. The quantitative estimate of drug-likeness (QED) is 0.669. The van der Waals surface area contributed by atoms with E-state index in [9.17, 15) is 22.8 Å². The molecule has 1 aliphatic heterocycles. The minimum atomic E-state index is -4.66. The lowest BCUT2D eigenvalue weighted by atomic mass is 10.2. The van der Waals surface area contributed by atoms with Gasteiger partial charge in [-0.2, -0.15) is 13.2 Å². The minimum absolute atomic E-state index is 0.102. The maximum absolute atomic E-state index is 13.0. The average molecular weight is 435 g/mol. The zero-order chi connectivity index (χ0) is 19.9. The Balaban J connectivity index is 1.85. The van der Waals surface area contributed by atoms with Crippen LogP contribution in [0.4, 0.5) is 24.5 Å². The van der Waals surface area contributed by atoms with Gasteiger partial charge in [0.05, 0.1) is 16.3 Å². The van der Waals surface area contributed by atoms with Crippen molar-refractivity contribution in [2.24, 2.45) is 0 Å². The fourth-order valence-electron chi connectivity index (χ4n) is 2.52. The van der Waals surface area contributed by atoms with Gasteiger partial charge in [0, 0.05) is 22.7 Å². The number of thioether (sulfide) groups is 1. The summed E-state index contributed by atoms with van der Waals surface area (Å²) in [6.45, 7) is 0. The number of halogens is 5. The molecule has 1 aliphatic rings. The van der Waals surface area contributed by atoms with Gasteiger partial charge in [0.1, 0.15) is 0 Å². The summed E-state index contributed by atoms with van der Waals surface area (Å²) in [5.41, 5.74) is -0.608. The molecule has 0 radical (unpaired) electrons. The summed E-state index contributed by atoms with van der Waals surface area (Å²) in [6.07, 6.45) is -4.66. The molecule has 1 N–H and O–H groups in total. The summed E-state index contributed by atoms with van der Waals surface area (Å²) < 4.78 is 38.9. The Labute approximate surface area is 166 Å². The van der Waals surface area contributed by atoms with E-state index in [1.54, 1.807) is 18.2 Å². The average Bonchev–Trinajstić information content (AvgIpc) is 2.59. The number of carbonyl (C=O) groups is 2. The molecule has 0 saturated carbocycles. The number of hydrogen-bond donors (Lipinski definition) is 1. The van der Waals surface area contributed by atoms with Crippen LogP contribution in [-0.4, -0.2) is 24.1 Å². The summed E-state index contributed by atoms with van der Waals surface area (Å²) in [4.78, 5) is 27.0. The van der Waals surface area contributed by atoms with Crippen LogP contribution in [0.25, 0.3) is 0 Å². The highest BCUT2D eigenvalue weighted by Crippen LogP contribution is 2.41. The van der Waals surface area contributed by atoms with Crippen molar-refractivity contribution in [3.8, 4) is 0 Å². The summed E-state index contributed by atoms with van der Waals surface area (Å²) in [6, 6.07) is 7.92. The van der Waals surface area contributed by atoms with Crippen molar-refractivity contribution in [2.45, 2.75) is 16.3 Å². The maximum Gasteiger partial charge on any atom is 0.417 e. The van der Waals surface area contributed by atoms with E-state index in [0.717, 1.165) is 23.9 Å². The Kier molecular flexibility index (Phi) is 5.33. The molecule has 0 saturated heterocycles. The predicted octanol–water partition coefficient (Wildman–Crippen LogP) is 5.09. The largest absolute Gasteiger partial charge is 0.417 e. The molecule has 0 spiro atoms. The number of hydrogen-bond acceptors (Lipinski definition) is 3. The molecule has 0 aliphatic carbocycles. The van der Waals surface area contributed by atoms with Gasteiger partial charge < -0.3 is 10.2 Å². The van der Waals surface area contributed by atoms with Crippen molar-refractivity contribution in [1.82, 2.24) is 0 Å². The van der Waals surface area contributed by atoms with Gasteiger partial charge in [0.15, 0.2) is 5.25 Å². The number of fused-ring (bicyclic) bond motifs is 1. The lowest BCUT2D eigenvalue weighted by Gasteiger charge is -2.30. The lowest BCUT2D eigenvalue weighted by Crippen LogP contribution is -2.44. The van der Waals surface area contributed by atoms with E-state index in [4.69, 9.17) is 23.2 Å². The number of amides is 2. The summed E-state index contributed by atoms with van der Waals surface area (Å²) in [7, 11) is 1.50. The van der Waals surface area contributed by atoms with E-state index in [2.05, 4.69) is 5.32 Å². The van der Waals surface area contributed by atoms with Gasteiger partial charge in [-0.05, 0) is 36.4 Å². The van der Waals surface area contributed by atoms with Crippen LogP contribution in [0.5, 0.6) is 0 Å². The highest BCUT2D eigenvalue weighted by Gasteiger charge is 2.37. The molecular formula is C17H11Cl2F3N2O2S. The van der Waals surface area contributed by atoms with Crippen LogP contribution in [0, 0.1) is 0 Å². The second kappa shape index (κ2) is 7.26. The molecule has 4 nitrogen and oxygen atoms in total. The van der Waals surface area contributed by atoms with Crippen molar-refractivity contribution in [3.05, 3.63) is 52.0 Å². The second-order valence-electron chi connectivity index (χ2n) is 5.69. The Morgan fingerprint density at radius 3 is 2.56 bits per heavy atom. The number of benzene rings is 2. The van der Waals surface area contributed by atoms with E-state index in [-0.39, 0.29) is 5.69 Å². The second-order valence-corrected chi connectivity index (χ2v) is 7.68. The van der Waals surface area contributed by atoms with Crippen LogP contribution in [0.2, 0.25) is 10.0 Å². The summed E-state index contributed by atoms with van der Waals surface area (Å²) in [5, 5.41) is 1.17. The maximum atomic E-state index is 13.0. The predicted molar refractivity (Wildman–Crippen MR) is 99.6 cm³/mol. The molecule has 0 aromatic heterocycles. The standard InChI is InChI=1S/C17H11Cl2F3N2O2S/c1-24-12-6-8(18)2-5-13(12)27-14(16(24)26)15(25)23-9-3-4-11(19)10(7-9)17(20,21)22/h2-7,14H,1H3,(H,23,25). The molecular weight excluding hydrogens is 424 g/mol. The van der Waals surface area contributed by atoms with Crippen LogP contribution in [0.1, 0.15) is 5.56 Å². The fourth-order valence-corrected chi connectivity index (χ4v) is 4.05. The first kappa shape index (κ1) is 19.9. The number of alkyl halides is 3. The first-order chi connectivity index (χ1) is 12.6. The molecule has 3 rings (SSSR count). The molecule has 2 amide bonds. The first-order valence-corrected chi connectivity index (χ1v) is 9.13. The normalized spacial score (nSPS) is 16.9. The van der Waals surface area contributed by atoms with E-state index >= 15 is 0 Å². The highest BCUT2D eigenvalue weighted by molar-refractivity contribution is 8.01.